The Hall–Kier alpha value is -3.71. The molecular weight excluding hydrogens is 456 g/mol. The third-order valence-corrected chi connectivity index (χ3v) is 6.27. The second-order valence-electron chi connectivity index (χ2n) is 7.87. The maximum atomic E-state index is 13.8. The molecule has 4 rings (SSSR count). The minimum absolute atomic E-state index is 0.167. The average molecular weight is 481 g/mol. The fraction of sp³-hybridized carbons (Fsp3) is 0.231. The van der Waals surface area contributed by atoms with Crippen LogP contribution in [0.4, 0.5) is 5.69 Å². The molecule has 8 heteroatoms. The van der Waals surface area contributed by atoms with Crippen LogP contribution >= 0.6 is 11.6 Å². The van der Waals surface area contributed by atoms with Crippen molar-refractivity contribution in [2.24, 2.45) is 0 Å². The molecular formula is C26H25ClN2O5. The van der Waals surface area contributed by atoms with Gasteiger partial charge < -0.3 is 24.4 Å². The van der Waals surface area contributed by atoms with Crippen LogP contribution in [0.25, 0.3) is 0 Å². The predicted octanol–water partition coefficient (Wildman–Crippen LogP) is 4.92. The van der Waals surface area contributed by atoms with Gasteiger partial charge in [0.05, 0.1) is 39.0 Å². The molecule has 0 fully saturated rings. The highest BCUT2D eigenvalue weighted by Gasteiger charge is 2.43. The van der Waals surface area contributed by atoms with Crippen molar-refractivity contribution in [3.63, 3.8) is 0 Å². The van der Waals surface area contributed by atoms with Gasteiger partial charge in [0.15, 0.2) is 11.5 Å². The number of hydrogen-bond donors (Lipinski definition) is 1. The first kappa shape index (κ1) is 23.4. The van der Waals surface area contributed by atoms with Crippen LogP contribution in [0.2, 0.25) is 5.02 Å². The lowest BCUT2D eigenvalue weighted by atomic mass is 9.79. The molecule has 0 saturated carbocycles. The van der Waals surface area contributed by atoms with Crippen molar-refractivity contribution in [2.45, 2.75) is 12.0 Å². The highest BCUT2D eigenvalue weighted by atomic mass is 35.5. The van der Waals surface area contributed by atoms with Gasteiger partial charge in [-0.2, -0.15) is 0 Å². The molecule has 0 spiro atoms. The van der Waals surface area contributed by atoms with Gasteiger partial charge in [-0.25, -0.2) is 0 Å². The number of rotatable bonds is 6. The van der Waals surface area contributed by atoms with E-state index >= 15 is 0 Å². The molecule has 2 amide bonds. The summed E-state index contributed by atoms with van der Waals surface area (Å²) in [6, 6.07) is 17.0. The van der Waals surface area contributed by atoms with E-state index in [1.165, 1.54) is 7.11 Å². The molecule has 1 aliphatic rings. The number of halogens is 1. The van der Waals surface area contributed by atoms with Gasteiger partial charge in [-0.15, -0.1) is 0 Å². The van der Waals surface area contributed by atoms with Gasteiger partial charge >= 0.3 is 0 Å². The Morgan fingerprint density at radius 2 is 1.59 bits per heavy atom. The van der Waals surface area contributed by atoms with Crippen LogP contribution in [0.1, 0.15) is 33.4 Å². The van der Waals surface area contributed by atoms with Gasteiger partial charge in [-0.05, 0) is 47.5 Å². The molecule has 3 aromatic carbocycles. The van der Waals surface area contributed by atoms with Crippen LogP contribution < -0.4 is 19.5 Å². The van der Waals surface area contributed by atoms with Crippen molar-refractivity contribution in [3.05, 3.63) is 82.4 Å². The second-order valence-corrected chi connectivity index (χ2v) is 8.31. The number of nitrogens with one attached hydrogen (secondary N) is 1. The number of fused-ring (bicyclic) bond motifs is 1. The number of benzene rings is 3. The number of nitrogens with zero attached hydrogens (tertiary/aromatic N) is 1. The van der Waals surface area contributed by atoms with Crippen molar-refractivity contribution < 1.29 is 23.8 Å². The number of likely N-dealkylation sites (N-methyl/N-ethyl adjacent to an activating group) is 1. The molecule has 0 radical (unpaired) electrons. The van der Waals surface area contributed by atoms with Crippen molar-refractivity contribution in [1.82, 2.24) is 4.90 Å². The van der Waals surface area contributed by atoms with Crippen LogP contribution in [0.15, 0.2) is 60.7 Å². The lowest BCUT2D eigenvalue weighted by Gasteiger charge is -2.40. The van der Waals surface area contributed by atoms with E-state index in [0.717, 1.165) is 5.56 Å². The van der Waals surface area contributed by atoms with Crippen LogP contribution in [0, 0.1) is 0 Å². The quantitative estimate of drug-likeness (QED) is 0.542. The summed E-state index contributed by atoms with van der Waals surface area (Å²) in [7, 11) is 6.31. The molecule has 1 heterocycles. The third kappa shape index (κ3) is 4.15. The number of anilines is 1. The summed E-state index contributed by atoms with van der Waals surface area (Å²) in [5.74, 6) is 0.373. The Bertz CT molecular complexity index is 1250. The molecule has 0 aromatic heterocycles. The van der Waals surface area contributed by atoms with E-state index < -0.39 is 12.0 Å². The van der Waals surface area contributed by atoms with E-state index in [4.69, 9.17) is 25.8 Å². The molecule has 0 unspecified atom stereocenters. The Balaban J connectivity index is 1.84. The fourth-order valence-electron chi connectivity index (χ4n) is 4.40. The Morgan fingerprint density at radius 3 is 2.29 bits per heavy atom. The standard InChI is InChI=1S/C26H25ClN2O5/c1-29-24(15-9-11-21(33-3)22(13-15)34-4)23(17-7-5-6-8-18(17)26(29)31)25(30)28-19-14-16(27)10-12-20(19)32-2/h5-14,23-24H,1-4H3,(H,28,30)/t23-,24+/m0/s1. The Kier molecular flexibility index (Phi) is 6.65. The smallest absolute Gasteiger partial charge is 0.254 e. The number of methoxy groups -OCH3 is 3. The number of amides is 2. The zero-order valence-electron chi connectivity index (χ0n) is 19.3. The van der Waals surface area contributed by atoms with Crippen molar-refractivity contribution >= 4 is 29.1 Å². The van der Waals surface area contributed by atoms with E-state index in [-0.39, 0.29) is 11.8 Å². The fourth-order valence-corrected chi connectivity index (χ4v) is 4.57. The molecule has 176 valence electrons. The van der Waals surface area contributed by atoms with Gasteiger partial charge in [0, 0.05) is 17.6 Å². The lowest BCUT2D eigenvalue weighted by molar-refractivity contribution is -0.119. The first-order chi connectivity index (χ1) is 16.4. The predicted molar refractivity (Wildman–Crippen MR) is 130 cm³/mol. The Morgan fingerprint density at radius 1 is 0.912 bits per heavy atom. The molecule has 0 bridgehead atoms. The van der Waals surface area contributed by atoms with E-state index in [1.54, 1.807) is 68.6 Å². The molecule has 1 aliphatic heterocycles. The van der Waals surface area contributed by atoms with Gasteiger partial charge in [0.2, 0.25) is 5.91 Å². The van der Waals surface area contributed by atoms with E-state index in [0.29, 0.717) is 39.1 Å². The monoisotopic (exact) mass is 480 g/mol. The summed E-state index contributed by atoms with van der Waals surface area (Å²) in [5, 5.41) is 3.42. The van der Waals surface area contributed by atoms with Crippen LogP contribution in [-0.2, 0) is 4.79 Å². The largest absolute Gasteiger partial charge is 0.495 e. The zero-order valence-corrected chi connectivity index (χ0v) is 20.1. The highest BCUT2D eigenvalue weighted by Crippen LogP contribution is 2.44. The summed E-state index contributed by atoms with van der Waals surface area (Å²) >= 11 is 6.17. The van der Waals surface area contributed by atoms with E-state index in [1.807, 2.05) is 18.2 Å². The molecule has 2 atom stereocenters. The van der Waals surface area contributed by atoms with E-state index in [2.05, 4.69) is 5.32 Å². The minimum atomic E-state index is -0.708. The molecule has 1 N–H and O–H groups in total. The van der Waals surface area contributed by atoms with Crippen molar-refractivity contribution in [2.75, 3.05) is 33.7 Å². The van der Waals surface area contributed by atoms with Crippen molar-refractivity contribution in [3.8, 4) is 17.2 Å². The molecule has 7 nitrogen and oxygen atoms in total. The lowest BCUT2D eigenvalue weighted by Crippen LogP contribution is -2.44. The molecule has 0 aliphatic carbocycles. The number of hydrogen-bond acceptors (Lipinski definition) is 5. The van der Waals surface area contributed by atoms with Gasteiger partial charge in [-0.3, -0.25) is 9.59 Å². The highest BCUT2D eigenvalue weighted by molar-refractivity contribution is 6.31. The van der Waals surface area contributed by atoms with Gasteiger partial charge in [0.1, 0.15) is 5.75 Å². The molecule has 0 saturated heterocycles. The third-order valence-electron chi connectivity index (χ3n) is 6.03. The van der Waals surface area contributed by atoms with Crippen LogP contribution in [-0.4, -0.2) is 45.1 Å². The topological polar surface area (TPSA) is 77.1 Å². The van der Waals surface area contributed by atoms with E-state index in [9.17, 15) is 9.59 Å². The summed E-state index contributed by atoms with van der Waals surface area (Å²) in [6.45, 7) is 0. The van der Waals surface area contributed by atoms with Crippen LogP contribution in [0.3, 0.4) is 0 Å². The molecule has 34 heavy (non-hydrogen) atoms. The summed E-state index contributed by atoms with van der Waals surface area (Å²) in [6.07, 6.45) is 0. The van der Waals surface area contributed by atoms with Crippen molar-refractivity contribution in [1.29, 1.82) is 0 Å². The summed E-state index contributed by atoms with van der Waals surface area (Å²) in [5.41, 5.74) is 2.31. The number of carbonyl (C=O) groups is 2. The normalized spacial score (nSPS) is 17.1. The Labute approximate surface area is 203 Å². The summed E-state index contributed by atoms with van der Waals surface area (Å²) < 4.78 is 16.2. The summed E-state index contributed by atoms with van der Waals surface area (Å²) in [4.78, 5) is 28.7. The number of ether oxygens (including phenoxy) is 3. The number of carbonyl (C=O) groups excluding carboxylic acids is 2. The maximum Gasteiger partial charge on any atom is 0.254 e. The molecule has 3 aromatic rings. The second kappa shape index (κ2) is 9.65. The average Bonchev–Trinajstić information content (AvgIpc) is 2.85. The first-order valence-corrected chi connectivity index (χ1v) is 11.0. The SMILES string of the molecule is COc1ccc(Cl)cc1NC(=O)[C@H]1c2ccccc2C(=O)N(C)[C@@H]1c1ccc(OC)c(OC)c1. The minimum Gasteiger partial charge on any atom is -0.495 e. The zero-order chi connectivity index (χ0) is 24.4. The van der Waals surface area contributed by atoms with Gasteiger partial charge in [-0.1, -0.05) is 35.9 Å². The van der Waals surface area contributed by atoms with Crippen LogP contribution in [0.5, 0.6) is 17.2 Å². The van der Waals surface area contributed by atoms with Gasteiger partial charge in [0.25, 0.3) is 5.91 Å². The maximum absolute atomic E-state index is 13.8. The first-order valence-electron chi connectivity index (χ1n) is 10.6.